The van der Waals surface area contributed by atoms with Gasteiger partial charge in [-0.1, -0.05) is 18.2 Å². The maximum absolute atomic E-state index is 10.2. The summed E-state index contributed by atoms with van der Waals surface area (Å²) in [6.45, 7) is 3.10. The third-order valence-corrected chi connectivity index (χ3v) is 3.98. The lowest BCUT2D eigenvalue weighted by Crippen LogP contribution is -2.37. The molecule has 0 spiro atoms. The van der Waals surface area contributed by atoms with Crippen molar-refractivity contribution in [2.75, 3.05) is 33.4 Å². The highest BCUT2D eigenvalue weighted by atomic mass is 32.1. The van der Waals surface area contributed by atoms with E-state index in [4.69, 9.17) is 9.47 Å². The maximum Gasteiger partial charge on any atom is 0.119 e. The van der Waals surface area contributed by atoms with Crippen molar-refractivity contribution in [1.82, 2.24) is 4.90 Å². The molecule has 1 aromatic carbocycles. The molecule has 1 atom stereocenters. The number of methoxy groups -OCH3 is 1. The molecule has 4 nitrogen and oxygen atoms in total. The lowest BCUT2D eigenvalue weighted by Gasteiger charge is -2.24. The fraction of sp³-hybridized carbons (Fsp3) is 0.412. The molecule has 22 heavy (non-hydrogen) atoms. The van der Waals surface area contributed by atoms with E-state index in [1.807, 2.05) is 30.3 Å². The van der Waals surface area contributed by atoms with Crippen LogP contribution in [0.2, 0.25) is 0 Å². The topological polar surface area (TPSA) is 41.9 Å². The number of ether oxygens (including phenoxy) is 2. The van der Waals surface area contributed by atoms with Crippen molar-refractivity contribution in [1.29, 1.82) is 0 Å². The van der Waals surface area contributed by atoms with E-state index in [1.165, 1.54) is 5.56 Å². The molecule has 120 valence electrons. The minimum Gasteiger partial charge on any atom is -0.491 e. The van der Waals surface area contributed by atoms with E-state index >= 15 is 0 Å². The molecule has 1 N–H and O–H groups in total. The molecular formula is C17H23NO3S. The van der Waals surface area contributed by atoms with Crippen LogP contribution in [0.25, 0.3) is 0 Å². The zero-order chi connectivity index (χ0) is 15.6. The number of benzene rings is 1. The van der Waals surface area contributed by atoms with Crippen LogP contribution < -0.4 is 4.74 Å². The zero-order valence-electron chi connectivity index (χ0n) is 12.9. The van der Waals surface area contributed by atoms with Crippen LogP contribution in [-0.4, -0.2) is 49.5 Å². The summed E-state index contributed by atoms with van der Waals surface area (Å²) in [7, 11) is 1.69. The van der Waals surface area contributed by atoms with Crippen LogP contribution in [0.15, 0.2) is 47.2 Å². The Morgan fingerprint density at radius 3 is 2.73 bits per heavy atom. The molecule has 1 heterocycles. The summed E-state index contributed by atoms with van der Waals surface area (Å²) in [5.41, 5.74) is 1.26. The van der Waals surface area contributed by atoms with E-state index in [0.717, 1.165) is 18.8 Å². The smallest absolute Gasteiger partial charge is 0.119 e. The predicted octanol–water partition coefficient (Wildman–Crippen LogP) is 2.64. The highest BCUT2D eigenvalue weighted by Gasteiger charge is 2.13. The number of hydrogen-bond donors (Lipinski definition) is 1. The summed E-state index contributed by atoms with van der Waals surface area (Å²) in [5.74, 6) is 0.780. The monoisotopic (exact) mass is 321 g/mol. The van der Waals surface area contributed by atoms with Crippen molar-refractivity contribution in [3.05, 3.63) is 52.7 Å². The fourth-order valence-corrected chi connectivity index (χ4v) is 2.82. The molecule has 0 radical (unpaired) electrons. The van der Waals surface area contributed by atoms with Gasteiger partial charge in [0.15, 0.2) is 0 Å². The molecule has 1 unspecified atom stereocenters. The van der Waals surface area contributed by atoms with Crippen LogP contribution in [0.1, 0.15) is 5.56 Å². The average Bonchev–Trinajstić information content (AvgIpc) is 3.04. The summed E-state index contributed by atoms with van der Waals surface area (Å²) >= 11 is 1.69. The van der Waals surface area contributed by atoms with E-state index in [9.17, 15) is 5.11 Å². The van der Waals surface area contributed by atoms with E-state index in [1.54, 1.807) is 18.4 Å². The molecule has 0 saturated carbocycles. The van der Waals surface area contributed by atoms with Gasteiger partial charge in [0.1, 0.15) is 18.5 Å². The summed E-state index contributed by atoms with van der Waals surface area (Å²) in [6, 6.07) is 11.7. The molecule has 1 aromatic heterocycles. The molecule has 0 bridgehead atoms. The number of hydrogen-bond acceptors (Lipinski definition) is 5. The second-order valence-corrected chi connectivity index (χ2v) is 5.92. The molecule has 2 aromatic rings. The molecule has 0 saturated heterocycles. The van der Waals surface area contributed by atoms with Crippen LogP contribution in [-0.2, 0) is 11.3 Å². The standard InChI is InChI=1S/C17H23NO3S/c1-20-9-8-18(11-15-7-10-22-14-15)12-16(19)13-21-17-5-3-2-4-6-17/h2-7,10,14,16,19H,8-9,11-13H2,1H3. The molecule has 5 heteroatoms. The predicted molar refractivity (Wildman–Crippen MR) is 89.4 cm³/mol. The molecule has 0 aliphatic carbocycles. The van der Waals surface area contributed by atoms with Crippen molar-refractivity contribution in [2.45, 2.75) is 12.6 Å². The van der Waals surface area contributed by atoms with E-state index in [-0.39, 0.29) is 6.61 Å². The van der Waals surface area contributed by atoms with Gasteiger partial charge in [0.25, 0.3) is 0 Å². The number of thiophene rings is 1. The molecule has 0 fully saturated rings. The highest BCUT2D eigenvalue weighted by molar-refractivity contribution is 7.07. The number of aliphatic hydroxyl groups is 1. The Morgan fingerprint density at radius 2 is 2.05 bits per heavy atom. The number of para-hydroxylation sites is 1. The SMILES string of the molecule is COCCN(Cc1ccsc1)CC(O)COc1ccccc1. The van der Waals surface area contributed by atoms with Gasteiger partial charge in [-0.05, 0) is 34.5 Å². The minimum atomic E-state index is -0.532. The van der Waals surface area contributed by atoms with E-state index in [0.29, 0.717) is 13.2 Å². The lowest BCUT2D eigenvalue weighted by atomic mass is 10.2. The Hall–Kier alpha value is -1.40. The van der Waals surface area contributed by atoms with Crippen LogP contribution in [0.3, 0.4) is 0 Å². The van der Waals surface area contributed by atoms with Gasteiger partial charge in [0.2, 0.25) is 0 Å². The molecule has 0 aliphatic heterocycles. The summed E-state index contributed by atoms with van der Waals surface area (Å²) < 4.78 is 10.8. The van der Waals surface area contributed by atoms with Gasteiger partial charge >= 0.3 is 0 Å². The molecule has 2 rings (SSSR count). The van der Waals surface area contributed by atoms with Crippen LogP contribution in [0.4, 0.5) is 0 Å². The molecule has 0 aliphatic rings. The first-order chi connectivity index (χ1) is 10.8. The quantitative estimate of drug-likeness (QED) is 0.730. The van der Waals surface area contributed by atoms with Crippen molar-refractivity contribution in [3.8, 4) is 5.75 Å². The minimum absolute atomic E-state index is 0.289. The van der Waals surface area contributed by atoms with Gasteiger partial charge in [0.05, 0.1) is 6.61 Å². The van der Waals surface area contributed by atoms with Crippen molar-refractivity contribution in [3.63, 3.8) is 0 Å². The summed E-state index contributed by atoms with van der Waals surface area (Å²) in [4.78, 5) is 2.19. The largest absolute Gasteiger partial charge is 0.491 e. The number of aliphatic hydroxyl groups excluding tert-OH is 1. The Labute approximate surface area is 135 Å². The van der Waals surface area contributed by atoms with Crippen LogP contribution in [0, 0.1) is 0 Å². The number of nitrogens with zero attached hydrogens (tertiary/aromatic N) is 1. The van der Waals surface area contributed by atoms with Crippen LogP contribution >= 0.6 is 11.3 Å². The van der Waals surface area contributed by atoms with Crippen molar-refractivity contribution >= 4 is 11.3 Å². The third kappa shape index (κ3) is 6.15. The van der Waals surface area contributed by atoms with Gasteiger partial charge in [-0.2, -0.15) is 11.3 Å². The summed E-state index contributed by atoms with van der Waals surface area (Å²) in [5, 5.41) is 14.4. The first-order valence-electron chi connectivity index (χ1n) is 7.36. The average molecular weight is 321 g/mol. The zero-order valence-corrected chi connectivity index (χ0v) is 13.7. The first kappa shape index (κ1) is 17.0. The van der Waals surface area contributed by atoms with Crippen molar-refractivity contribution in [2.24, 2.45) is 0 Å². The summed E-state index contributed by atoms with van der Waals surface area (Å²) in [6.07, 6.45) is -0.532. The third-order valence-electron chi connectivity index (χ3n) is 3.25. The Balaban J connectivity index is 1.80. The van der Waals surface area contributed by atoms with Gasteiger partial charge in [0, 0.05) is 26.7 Å². The van der Waals surface area contributed by atoms with Crippen LogP contribution in [0.5, 0.6) is 5.75 Å². The number of rotatable bonds is 10. The second-order valence-electron chi connectivity index (χ2n) is 5.14. The Bertz CT molecular complexity index is 504. The van der Waals surface area contributed by atoms with Gasteiger partial charge in [-0.25, -0.2) is 0 Å². The first-order valence-corrected chi connectivity index (χ1v) is 8.30. The lowest BCUT2D eigenvalue weighted by molar-refractivity contribution is 0.0542. The van der Waals surface area contributed by atoms with E-state index in [2.05, 4.69) is 21.7 Å². The molecule has 0 amide bonds. The normalized spacial score (nSPS) is 12.5. The fourth-order valence-electron chi connectivity index (χ4n) is 2.16. The Kier molecular flexibility index (Phi) is 7.39. The Morgan fingerprint density at radius 1 is 1.23 bits per heavy atom. The van der Waals surface area contributed by atoms with Gasteiger partial charge in [-0.3, -0.25) is 4.90 Å². The maximum atomic E-state index is 10.2. The van der Waals surface area contributed by atoms with Gasteiger partial charge < -0.3 is 14.6 Å². The van der Waals surface area contributed by atoms with Gasteiger partial charge in [-0.15, -0.1) is 0 Å². The molecular weight excluding hydrogens is 298 g/mol. The second kappa shape index (κ2) is 9.58. The highest BCUT2D eigenvalue weighted by Crippen LogP contribution is 2.11. The van der Waals surface area contributed by atoms with E-state index < -0.39 is 6.10 Å². The van der Waals surface area contributed by atoms with Crippen molar-refractivity contribution < 1.29 is 14.6 Å².